The van der Waals surface area contributed by atoms with Crippen LogP contribution >= 0.6 is 11.6 Å². The SMILES string of the molecule is COCC(CCCN)N[C@H](C)c1cccc(Cl)c1. The monoisotopic (exact) mass is 270 g/mol. The number of ether oxygens (including phenoxy) is 1. The molecule has 1 rings (SSSR count). The Morgan fingerprint density at radius 1 is 1.44 bits per heavy atom. The van der Waals surface area contributed by atoms with E-state index < -0.39 is 0 Å². The third kappa shape index (κ3) is 5.36. The van der Waals surface area contributed by atoms with Crippen molar-refractivity contribution in [1.82, 2.24) is 5.32 Å². The molecule has 102 valence electrons. The molecular formula is C14H23ClN2O. The third-order valence-electron chi connectivity index (χ3n) is 2.96. The van der Waals surface area contributed by atoms with Crippen molar-refractivity contribution in [3.63, 3.8) is 0 Å². The van der Waals surface area contributed by atoms with E-state index in [0.29, 0.717) is 19.2 Å². The van der Waals surface area contributed by atoms with Gasteiger partial charge in [-0.15, -0.1) is 0 Å². The first-order chi connectivity index (χ1) is 8.67. The van der Waals surface area contributed by atoms with Gasteiger partial charge in [-0.05, 0) is 44.0 Å². The summed E-state index contributed by atoms with van der Waals surface area (Å²) in [7, 11) is 1.72. The van der Waals surface area contributed by atoms with Gasteiger partial charge >= 0.3 is 0 Å². The maximum atomic E-state index is 6.00. The number of halogens is 1. The molecule has 0 fully saturated rings. The van der Waals surface area contributed by atoms with Gasteiger partial charge in [0.2, 0.25) is 0 Å². The highest BCUT2D eigenvalue weighted by molar-refractivity contribution is 6.30. The highest BCUT2D eigenvalue weighted by Crippen LogP contribution is 2.18. The van der Waals surface area contributed by atoms with Crippen molar-refractivity contribution in [2.75, 3.05) is 20.3 Å². The van der Waals surface area contributed by atoms with Gasteiger partial charge in [0, 0.05) is 24.2 Å². The lowest BCUT2D eigenvalue weighted by Crippen LogP contribution is -2.35. The van der Waals surface area contributed by atoms with E-state index in [1.807, 2.05) is 18.2 Å². The first-order valence-corrected chi connectivity index (χ1v) is 6.75. The smallest absolute Gasteiger partial charge is 0.0616 e. The van der Waals surface area contributed by atoms with E-state index in [4.69, 9.17) is 22.1 Å². The quantitative estimate of drug-likeness (QED) is 0.764. The highest BCUT2D eigenvalue weighted by atomic mass is 35.5. The summed E-state index contributed by atoms with van der Waals surface area (Å²) in [5, 5.41) is 4.33. The summed E-state index contributed by atoms with van der Waals surface area (Å²) >= 11 is 6.00. The largest absolute Gasteiger partial charge is 0.383 e. The van der Waals surface area contributed by atoms with Gasteiger partial charge in [-0.3, -0.25) is 0 Å². The van der Waals surface area contributed by atoms with Crippen molar-refractivity contribution in [2.45, 2.75) is 31.8 Å². The van der Waals surface area contributed by atoms with E-state index in [1.165, 1.54) is 5.56 Å². The molecule has 0 radical (unpaired) electrons. The average Bonchev–Trinajstić information content (AvgIpc) is 2.36. The molecule has 0 aliphatic heterocycles. The molecule has 0 aliphatic carbocycles. The maximum Gasteiger partial charge on any atom is 0.0616 e. The Kier molecular flexibility index (Phi) is 7.28. The minimum atomic E-state index is 0.252. The lowest BCUT2D eigenvalue weighted by atomic mass is 10.1. The van der Waals surface area contributed by atoms with Crippen molar-refractivity contribution in [3.05, 3.63) is 34.9 Å². The van der Waals surface area contributed by atoms with Crippen molar-refractivity contribution in [1.29, 1.82) is 0 Å². The zero-order valence-corrected chi connectivity index (χ0v) is 11.9. The van der Waals surface area contributed by atoms with Crippen LogP contribution in [-0.2, 0) is 4.74 Å². The van der Waals surface area contributed by atoms with Gasteiger partial charge in [-0.1, -0.05) is 23.7 Å². The molecule has 0 saturated carbocycles. The molecule has 0 aliphatic rings. The maximum absolute atomic E-state index is 6.00. The van der Waals surface area contributed by atoms with Gasteiger partial charge in [-0.25, -0.2) is 0 Å². The predicted octanol–water partition coefficient (Wildman–Crippen LogP) is 2.74. The zero-order valence-electron chi connectivity index (χ0n) is 11.2. The van der Waals surface area contributed by atoms with Gasteiger partial charge in [0.25, 0.3) is 0 Å². The van der Waals surface area contributed by atoms with E-state index in [1.54, 1.807) is 7.11 Å². The average molecular weight is 271 g/mol. The first kappa shape index (κ1) is 15.4. The van der Waals surface area contributed by atoms with Gasteiger partial charge in [-0.2, -0.15) is 0 Å². The number of hydrogen-bond donors (Lipinski definition) is 2. The molecule has 3 nitrogen and oxygen atoms in total. The van der Waals surface area contributed by atoms with Crippen LogP contribution in [0.25, 0.3) is 0 Å². The number of rotatable bonds is 8. The number of methoxy groups -OCH3 is 1. The van der Waals surface area contributed by atoms with Crippen LogP contribution in [0.15, 0.2) is 24.3 Å². The lowest BCUT2D eigenvalue weighted by Gasteiger charge is -2.23. The Morgan fingerprint density at radius 3 is 2.83 bits per heavy atom. The van der Waals surface area contributed by atoms with Crippen LogP contribution in [0.3, 0.4) is 0 Å². The summed E-state index contributed by atoms with van der Waals surface area (Å²) in [5.74, 6) is 0. The topological polar surface area (TPSA) is 47.3 Å². The Labute approximate surface area is 115 Å². The van der Waals surface area contributed by atoms with Gasteiger partial charge in [0.05, 0.1) is 6.61 Å². The molecule has 0 amide bonds. The van der Waals surface area contributed by atoms with Crippen LogP contribution in [0.5, 0.6) is 0 Å². The normalized spacial score (nSPS) is 14.4. The van der Waals surface area contributed by atoms with Gasteiger partial charge in [0.1, 0.15) is 0 Å². The minimum absolute atomic E-state index is 0.252. The molecule has 1 aromatic carbocycles. The molecule has 0 bridgehead atoms. The standard InChI is InChI=1S/C14H23ClN2O/c1-11(12-5-3-6-13(15)9-12)17-14(10-18-2)7-4-8-16/h3,5-6,9,11,14,17H,4,7-8,10,16H2,1-2H3/t11-,14?/m1/s1. The van der Waals surface area contributed by atoms with Crippen LogP contribution in [0.2, 0.25) is 5.02 Å². The minimum Gasteiger partial charge on any atom is -0.383 e. The second-order valence-corrected chi connectivity index (χ2v) is 4.96. The van der Waals surface area contributed by atoms with E-state index in [2.05, 4.69) is 18.3 Å². The van der Waals surface area contributed by atoms with Crippen molar-refractivity contribution in [3.8, 4) is 0 Å². The molecule has 0 aromatic heterocycles. The molecule has 1 aromatic rings. The third-order valence-corrected chi connectivity index (χ3v) is 3.19. The molecular weight excluding hydrogens is 248 g/mol. The fraction of sp³-hybridized carbons (Fsp3) is 0.571. The van der Waals surface area contributed by atoms with Crippen molar-refractivity contribution < 1.29 is 4.74 Å². The summed E-state index contributed by atoms with van der Waals surface area (Å²) in [5.41, 5.74) is 6.74. The van der Waals surface area contributed by atoms with E-state index in [-0.39, 0.29) is 6.04 Å². The Morgan fingerprint density at radius 2 is 2.22 bits per heavy atom. The van der Waals surface area contributed by atoms with Crippen LogP contribution in [-0.4, -0.2) is 26.3 Å². The fourth-order valence-corrected chi connectivity index (χ4v) is 2.20. The van der Waals surface area contributed by atoms with Crippen LogP contribution in [0, 0.1) is 0 Å². The molecule has 1 unspecified atom stereocenters. The first-order valence-electron chi connectivity index (χ1n) is 6.38. The van der Waals surface area contributed by atoms with E-state index >= 15 is 0 Å². The molecule has 2 atom stereocenters. The van der Waals surface area contributed by atoms with E-state index in [0.717, 1.165) is 17.9 Å². The highest BCUT2D eigenvalue weighted by Gasteiger charge is 2.13. The number of nitrogens with two attached hydrogens (primary N) is 1. The number of benzene rings is 1. The zero-order chi connectivity index (χ0) is 13.4. The second-order valence-electron chi connectivity index (χ2n) is 4.53. The van der Waals surface area contributed by atoms with Crippen molar-refractivity contribution in [2.24, 2.45) is 5.73 Å². The van der Waals surface area contributed by atoms with Gasteiger partial charge < -0.3 is 15.8 Å². The van der Waals surface area contributed by atoms with Crippen LogP contribution < -0.4 is 11.1 Å². The second kappa shape index (κ2) is 8.48. The number of nitrogens with one attached hydrogen (secondary N) is 1. The summed E-state index contributed by atoms with van der Waals surface area (Å²) in [6.45, 7) is 3.55. The Balaban J connectivity index is 2.56. The molecule has 3 N–H and O–H groups in total. The predicted molar refractivity (Wildman–Crippen MR) is 77.0 cm³/mol. The Bertz CT molecular complexity index is 346. The van der Waals surface area contributed by atoms with Crippen LogP contribution in [0.4, 0.5) is 0 Å². The fourth-order valence-electron chi connectivity index (χ4n) is 2.01. The molecule has 0 saturated heterocycles. The summed E-state index contributed by atoms with van der Waals surface area (Å²) in [6.07, 6.45) is 2.03. The summed E-state index contributed by atoms with van der Waals surface area (Å²) < 4.78 is 5.23. The summed E-state index contributed by atoms with van der Waals surface area (Å²) in [4.78, 5) is 0. The lowest BCUT2D eigenvalue weighted by molar-refractivity contribution is 0.156. The van der Waals surface area contributed by atoms with Crippen LogP contribution in [0.1, 0.15) is 31.4 Å². The van der Waals surface area contributed by atoms with Crippen molar-refractivity contribution >= 4 is 11.6 Å². The molecule has 0 spiro atoms. The summed E-state index contributed by atoms with van der Waals surface area (Å²) in [6, 6.07) is 8.51. The molecule has 18 heavy (non-hydrogen) atoms. The van der Waals surface area contributed by atoms with E-state index in [9.17, 15) is 0 Å². The Hall–Kier alpha value is -0.610. The number of hydrogen-bond acceptors (Lipinski definition) is 3. The van der Waals surface area contributed by atoms with Gasteiger partial charge in [0.15, 0.2) is 0 Å². The molecule has 4 heteroatoms. The molecule has 0 heterocycles.